The van der Waals surface area contributed by atoms with Crippen molar-refractivity contribution in [2.24, 2.45) is 0 Å². The third-order valence-corrected chi connectivity index (χ3v) is 7.63. The average molecular weight is 587 g/mol. The SMILES string of the molecule is CCCCCCNC(=O)Oc1ccc(/C(=C(/C)Cc2ccc(OC)cc2)c2ccc(OCCN3CCOCC3)cc2)cc1. The van der Waals surface area contributed by atoms with Crippen molar-refractivity contribution in [3.05, 3.63) is 95.1 Å². The molecule has 0 bridgehead atoms. The van der Waals surface area contributed by atoms with E-state index in [2.05, 4.69) is 48.3 Å². The van der Waals surface area contributed by atoms with Gasteiger partial charge in [0, 0.05) is 26.2 Å². The summed E-state index contributed by atoms with van der Waals surface area (Å²) in [6.45, 7) is 10.00. The van der Waals surface area contributed by atoms with Gasteiger partial charge in [-0.1, -0.05) is 68.2 Å². The van der Waals surface area contributed by atoms with E-state index in [1.807, 2.05) is 48.5 Å². The minimum atomic E-state index is -0.417. The largest absolute Gasteiger partial charge is 0.497 e. The smallest absolute Gasteiger partial charge is 0.412 e. The summed E-state index contributed by atoms with van der Waals surface area (Å²) in [6, 6.07) is 24.2. The van der Waals surface area contributed by atoms with Gasteiger partial charge in [-0.2, -0.15) is 0 Å². The fourth-order valence-electron chi connectivity index (χ4n) is 5.21. The molecule has 0 saturated carbocycles. The molecule has 1 N–H and O–H groups in total. The summed E-state index contributed by atoms with van der Waals surface area (Å²) in [5.41, 5.74) is 5.73. The van der Waals surface area contributed by atoms with Crippen LogP contribution in [0.5, 0.6) is 17.2 Å². The number of carbonyl (C=O) groups is 1. The van der Waals surface area contributed by atoms with E-state index in [0.717, 1.165) is 80.3 Å². The highest BCUT2D eigenvalue weighted by molar-refractivity contribution is 5.83. The molecule has 1 heterocycles. The highest BCUT2D eigenvalue weighted by Crippen LogP contribution is 2.31. The first-order valence-corrected chi connectivity index (χ1v) is 15.5. The average Bonchev–Trinajstić information content (AvgIpc) is 3.03. The molecule has 0 atom stereocenters. The standard InChI is InChI=1S/C36H46N2O5/c1-4-5-6-7-20-37-36(39)43-34-18-12-31(13-19-34)35(28(2)27-29-8-14-32(40-3)15-9-29)30-10-16-33(17-11-30)42-26-23-38-21-24-41-25-22-38/h8-19H,4-7,20-27H2,1-3H3,(H,37,39)/b35-28-. The number of nitrogens with zero attached hydrogens (tertiary/aromatic N) is 1. The molecule has 43 heavy (non-hydrogen) atoms. The number of hydrogen-bond donors (Lipinski definition) is 1. The number of unbranched alkanes of at least 4 members (excludes halogenated alkanes) is 3. The zero-order valence-corrected chi connectivity index (χ0v) is 25.9. The van der Waals surface area contributed by atoms with E-state index < -0.39 is 6.09 Å². The lowest BCUT2D eigenvalue weighted by Gasteiger charge is -2.26. The van der Waals surface area contributed by atoms with Gasteiger partial charge in [0.15, 0.2) is 0 Å². The Morgan fingerprint density at radius 1 is 0.837 bits per heavy atom. The van der Waals surface area contributed by atoms with Crippen LogP contribution in [0, 0.1) is 0 Å². The van der Waals surface area contributed by atoms with Gasteiger partial charge in [-0.15, -0.1) is 0 Å². The van der Waals surface area contributed by atoms with E-state index in [4.69, 9.17) is 18.9 Å². The summed E-state index contributed by atoms with van der Waals surface area (Å²) in [4.78, 5) is 14.6. The maximum absolute atomic E-state index is 12.3. The maximum Gasteiger partial charge on any atom is 0.412 e. The normalized spacial score (nSPS) is 14.1. The first-order valence-electron chi connectivity index (χ1n) is 15.5. The van der Waals surface area contributed by atoms with Crippen LogP contribution in [0.3, 0.4) is 0 Å². The van der Waals surface area contributed by atoms with E-state index in [9.17, 15) is 4.79 Å². The number of hydrogen-bond acceptors (Lipinski definition) is 6. The van der Waals surface area contributed by atoms with E-state index in [1.165, 1.54) is 24.0 Å². The van der Waals surface area contributed by atoms with Gasteiger partial charge in [0.05, 0.1) is 20.3 Å². The number of allylic oxidation sites excluding steroid dienone is 1. The van der Waals surface area contributed by atoms with Crippen LogP contribution in [0.15, 0.2) is 78.4 Å². The topological polar surface area (TPSA) is 69.3 Å². The molecule has 1 aliphatic rings. The van der Waals surface area contributed by atoms with Crippen LogP contribution < -0.4 is 19.5 Å². The van der Waals surface area contributed by atoms with E-state index in [-0.39, 0.29) is 0 Å². The molecule has 1 saturated heterocycles. The van der Waals surface area contributed by atoms with Gasteiger partial charge in [-0.05, 0) is 78.4 Å². The number of rotatable bonds is 15. The van der Waals surface area contributed by atoms with Gasteiger partial charge in [-0.25, -0.2) is 4.79 Å². The van der Waals surface area contributed by atoms with Crippen molar-refractivity contribution < 1.29 is 23.7 Å². The summed E-state index contributed by atoms with van der Waals surface area (Å²) < 4.78 is 22.4. The molecule has 1 aliphatic heterocycles. The molecule has 3 aromatic carbocycles. The first-order chi connectivity index (χ1) is 21.1. The minimum Gasteiger partial charge on any atom is -0.497 e. The summed E-state index contributed by atoms with van der Waals surface area (Å²) in [5, 5.41) is 2.85. The highest BCUT2D eigenvalue weighted by Gasteiger charge is 2.13. The van der Waals surface area contributed by atoms with Gasteiger partial charge < -0.3 is 24.3 Å². The Morgan fingerprint density at radius 3 is 2.09 bits per heavy atom. The summed E-state index contributed by atoms with van der Waals surface area (Å²) in [7, 11) is 1.68. The summed E-state index contributed by atoms with van der Waals surface area (Å²) in [5.74, 6) is 2.22. The second-order valence-electron chi connectivity index (χ2n) is 10.9. The molecule has 0 aliphatic carbocycles. The predicted octanol–water partition coefficient (Wildman–Crippen LogP) is 7.14. The minimum absolute atomic E-state index is 0.417. The molecule has 0 aromatic heterocycles. The van der Waals surface area contributed by atoms with Crippen LogP contribution >= 0.6 is 0 Å². The monoisotopic (exact) mass is 586 g/mol. The van der Waals surface area contributed by atoms with Crippen molar-refractivity contribution in [3.8, 4) is 17.2 Å². The number of benzene rings is 3. The van der Waals surface area contributed by atoms with Gasteiger partial charge in [0.2, 0.25) is 0 Å². The number of carbonyl (C=O) groups excluding carboxylic acids is 1. The van der Waals surface area contributed by atoms with Crippen LogP contribution in [0.1, 0.15) is 56.2 Å². The van der Waals surface area contributed by atoms with Crippen LogP contribution in [0.2, 0.25) is 0 Å². The summed E-state index contributed by atoms with van der Waals surface area (Å²) >= 11 is 0. The molecule has 7 nitrogen and oxygen atoms in total. The lowest BCUT2D eigenvalue weighted by molar-refractivity contribution is 0.0322. The Morgan fingerprint density at radius 2 is 1.47 bits per heavy atom. The number of amides is 1. The summed E-state index contributed by atoms with van der Waals surface area (Å²) in [6.07, 6.45) is 4.78. The van der Waals surface area contributed by atoms with E-state index >= 15 is 0 Å². The van der Waals surface area contributed by atoms with Crippen LogP contribution in [0.4, 0.5) is 4.79 Å². The molecular formula is C36H46N2O5. The Kier molecular flexibility index (Phi) is 12.9. The van der Waals surface area contributed by atoms with Crippen LogP contribution in [0.25, 0.3) is 5.57 Å². The molecule has 230 valence electrons. The molecule has 7 heteroatoms. The molecule has 0 radical (unpaired) electrons. The zero-order chi connectivity index (χ0) is 30.3. The Balaban J connectivity index is 1.47. The number of morpholine rings is 1. The third kappa shape index (κ3) is 10.4. The molecule has 1 amide bonds. The van der Waals surface area contributed by atoms with Gasteiger partial charge >= 0.3 is 6.09 Å². The maximum atomic E-state index is 12.3. The first kappa shape index (κ1) is 32.1. The lowest BCUT2D eigenvalue weighted by Crippen LogP contribution is -2.38. The van der Waals surface area contributed by atoms with Gasteiger partial charge in [-0.3, -0.25) is 4.90 Å². The second kappa shape index (κ2) is 17.3. The molecule has 1 fully saturated rings. The number of ether oxygens (including phenoxy) is 4. The molecule has 0 spiro atoms. The number of methoxy groups -OCH3 is 1. The van der Waals surface area contributed by atoms with E-state index in [0.29, 0.717) is 18.9 Å². The highest BCUT2D eigenvalue weighted by atomic mass is 16.6. The van der Waals surface area contributed by atoms with Crippen molar-refractivity contribution in [1.82, 2.24) is 10.2 Å². The lowest BCUT2D eigenvalue weighted by atomic mass is 9.90. The molecule has 3 aromatic rings. The number of nitrogens with one attached hydrogen (secondary N) is 1. The Hall–Kier alpha value is -3.81. The van der Waals surface area contributed by atoms with Gasteiger partial charge in [0.25, 0.3) is 0 Å². The van der Waals surface area contributed by atoms with Crippen molar-refractivity contribution in [2.75, 3.05) is 53.1 Å². The predicted molar refractivity (Wildman–Crippen MR) is 172 cm³/mol. The van der Waals surface area contributed by atoms with Crippen molar-refractivity contribution in [1.29, 1.82) is 0 Å². The second-order valence-corrected chi connectivity index (χ2v) is 10.9. The van der Waals surface area contributed by atoms with Crippen molar-refractivity contribution in [2.45, 2.75) is 46.0 Å². The third-order valence-electron chi connectivity index (χ3n) is 7.63. The molecular weight excluding hydrogens is 540 g/mol. The Bertz CT molecular complexity index is 1280. The zero-order valence-electron chi connectivity index (χ0n) is 25.9. The quantitative estimate of drug-likeness (QED) is 0.191. The molecule has 4 rings (SSSR count). The van der Waals surface area contributed by atoms with Crippen molar-refractivity contribution in [3.63, 3.8) is 0 Å². The van der Waals surface area contributed by atoms with Crippen molar-refractivity contribution >= 4 is 11.7 Å². The fourth-order valence-corrected chi connectivity index (χ4v) is 5.21. The van der Waals surface area contributed by atoms with Gasteiger partial charge in [0.1, 0.15) is 23.9 Å². The van der Waals surface area contributed by atoms with E-state index in [1.54, 1.807) is 7.11 Å². The van der Waals surface area contributed by atoms with Crippen LogP contribution in [-0.4, -0.2) is 64.1 Å². The fraction of sp³-hybridized carbons (Fsp3) is 0.417. The Labute approximate surface area is 256 Å². The van der Waals surface area contributed by atoms with Crippen LogP contribution in [-0.2, 0) is 11.2 Å². The molecule has 0 unspecified atom stereocenters.